The number of hydrogen-bond donors (Lipinski definition) is 2. The van der Waals surface area contributed by atoms with Gasteiger partial charge in [-0.2, -0.15) is 0 Å². The van der Waals surface area contributed by atoms with Gasteiger partial charge in [0.05, 0.1) is 24.4 Å². The van der Waals surface area contributed by atoms with Gasteiger partial charge < -0.3 is 20.2 Å². The Morgan fingerprint density at radius 2 is 2.06 bits per heavy atom. The molecule has 0 unspecified atom stereocenters. The van der Waals surface area contributed by atoms with Crippen LogP contribution < -0.4 is 10.2 Å². The maximum absolute atomic E-state index is 14.2. The highest BCUT2D eigenvalue weighted by Gasteiger charge is 2.47. The number of fused-ring (bicyclic) bond motifs is 3. The van der Waals surface area contributed by atoms with Gasteiger partial charge in [0.25, 0.3) is 0 Å². The van der Waals surface area contributed by atoms with Gasteiger partial charge in [-0.05, 0) is 73.1 Å². The topological polar surface area (TPSA) is 55.8 Å². The van der Waals surface area contributed by atoms with E-state index < -0.39 is 5.82 Å². The van der Waals surface area contributed by atoms with E-state index in [0.29, 0.717) is 6.54 Å². The first kappa shape index (κ1) is 21.0. The molecule has 6 heteroatoms. The van der Waals surface area contributed by atoms with E-state index in [0.717, 1.165) is 30.5 Å². The lowest BCUT2D eigenvalue weighted by atomic mass is 9.80. The molecule has 3 aliphatic rings. The first-order valence-corrected chi connectivity index (χ1v) is 11.6. The van der Waals surface area contributed by atoms with E-state index in [1.165, 1.54) is 30.0 Å². The standard InChI is InChI=1S/C26H30FN3O2/c1-29-23-12-11-18(17-7-3-2-4-8-17)15-20(23)25-19(24(29)16-31)13-14-30(25)26(32)28-22-10-6-5-9-21(22)27/h5-7,9-12,15,19,24-25,31H,2-4,8,13-14,16H2,1H3,(H,28,32)/t19-,24-,25-/m0/s1. The van der Waals surface area contributed by atoms with Crippen LogP contribution in [0, 0.1) is 11.7 Å². The number of carbonyl (C=O) groups excluding carboxylic acids is 1. The summed E-state index contributed by atoms with van der Waals surface area (Å²) in [6.45, 7) is 0.610. The lowest BCUT2D eigenvalue weighted by Crippen LogP contribution is -2.48. The molecule has 1 fully saturated rings. The van der Waals surface area contributed by atoms with Crippen molar-refractivity contribution in [1.82, 2.24) is 4.90 Å². The molecular weight excluding hydrogens is 405 g/mol. The molecular formula is C26H30FN3O2. The maximum Gasteiger partial charge on any atom is 0.322 e. The number of nitrogens with one attached hydrogen (secondary N) is 1. The molecule has 2 N–H and O–H groups in total. The molecule has 0 saturated carbocycles. The van der Waals surface area contributed by atoms with Crippen molar-refractivity contribution in [3.8, 4) is 0 Å². The second-order valence-corrected chi connectivity index (χ2v) is 9.11. The number of aliphatic hydroxyl groups excluding tert-OH is 1. The maximum atomic E-state index is 14.2. The monoisotopic (exact) mass is 435 g/mol. The number of nitrogens with zero attached hydrogens (tertiary/aromatic N) is 2. The Labute approximate surface area is 188 Å². The number of hydrogen-bond acceptors (Lipinski definition) is 3. The van der Waals surface area contributed by atoms with E-state index in [-0.39, 0.29) is 36.3 Å². The van der Waals surface area contributed by atoms with Gasteiger partial charge in [-0.25, -0.2) is 9.18 Å². The number of likely N-dealkylation sites (N-methyl/N-ethyl adjacent to an activating group) is 1. The molecule has 0 bridgehead atoms. The van der Waals surface area contributed by atoms with Crippen LogP contribution in [0.4, 0.5) is 20.6 Å². The number of benzene rings is 2. The summed E-state index contributed by atoms with van der Waals surface area (Å²) in [5.74, 6) is -0.320. The Hall–Kier alpha value is -2.86. The molecule has 32 heavy (non-hydrogen) atoms. The lowest BCUT2D eigenvalue weighted by molar-refractivity contribution is 0.168. The molecule has 3 atom stereocenters. The normalized spacial score (nSPS) is 24.6. The molecule has 0 spiro atoms. The molecule has 2 amide bonds. The Kier molecular flexibility index (Phi) is 5.64. The van der Waals surface area contributed by atoms with Crippen LogP contribution >= 0.6 is 0 Å². The number of amides is 2. The van der Waals surface area contributed by atoms with Crippen molar-refractivity contribution in [3.63, 3.8) is 0 Å². The fourth-order valence-corrected chi connectivity index (χ4v) is 5.73. The zero-order chi connectivity index (χ0) is 22.2. The van der Waals surface area contributed by atoms with Crippen molar-refractivity contribution < 1.29 is 14.3 Å². The summed E-state index contributed by atoms with van der Waals surface area (Å²) in [6.07, 6.45) is 7.78. The fraction of sp³-hybridized carbons (Fsp3) is 0.423. The zero-order valence-electron chi connectivity index (χ0n) is 18.4. The average Bonchev–Trinajstić information content (AvgIpc) is 3.26. The number of para-hydroxylation sites is 1. The summed E-state index contributed by atoms with van der Waals surface area (Å²) >= 11 is 0. The van der Waals surface area contributed by atoms with E-state index in [4.69, 9.17) is 0 Å². The second-order valence-electron chi connectivity index (χ2n) is 9.11. The number of urea groups is 1. The summed E-state index contributed by atoms with van der Waals surface area (Å²) in [6, 6.07) is 12.3. The Morgan fingerprint density at radius 1 is 1.22 bits per heavy atom. The quantitative estimate of drug-likeness (QED) is 0.698. The number of carbonyl (C=O) groups is 1. The molecule has 0 radical (unpaired) electrons. The van der Waals surface area contributed by atoms with Gasteiger partial charge in [0.2, 0.25) is 0 Å². The summed E-state index contributed by atoms with van der Waals surface area (Å²) in [4.78, 5) is 17.2. The molecule has 2 aromatic carbocycles. The van der Waals surface area contributed by atoms with Crippen LogP contribution in [-0.4, -0.2) is 42.3 Å². The van der Waals surface area contributed by atoms with Crippen LogP contribution in [0.3, 0.4) is 0 Å². The zero-order valence-corrected chi connectivity index (χ0v) is 18.4. The minimum Gasteiger partial charge on any atom is -0.394 e. The lowest BCUT2D eigenvalue weighted by Gasteiger charge is -2.44. The number of halogens is 1. The highest BCUT2D eigenvalue weighted by molar-refractivity contribution is 5.90. The second kappa shape index (κ2) is 8.58. The largest absolute Gasteiger partial charge is 0.394 e. The van der Waals surface area contributed by atoms with E-state index in [9.17, 15) is 14.3 Å². The molecule has 1 aliphatic carbocycles. The van der Waals surface area contributed by atoms with Crippen LogP contribution in [0.2, 0.25) is 0 Å². The summed E-state index contributed by atoms with van der Waals surface area (Å²) in [7, 11) is 2.03. The highest BCUT2D eigenvalue weighted by atomic mass is 19.1. The minimum atomic E-state index is -0.444. The van der Waals surface area contributed by atoms with Gasteiger partial charge in [0.1, 0.15) is 5.82 Å². The molecule has 0 aromatic heterocycles. The van der Waals surface area contributed by atoms with Crippen LogP contribution in [-0.2, 0) is 0 Å². The van der Waals surface area contributed by atoms with Gasteiger partial charge in [0.15, 0.2) is 0 Å². The molecule has 5 nitrogen and oxygen atoms in total. The van der Waals surface area contributed by atoms with Crippen molar-refractivity contribution in [3.05, 3.63) is 65.5 Å². The van der Waals surface area contributed by atoms with Crippen molar-refractivity contribution in [2.75, 3.05) is 30.4 Å². The minimum absolute atomic E-state index is 0.0345. The SMILES string of the molecule is CN1c2ccc(C3=CCCCC3)cc2[C@@H]2[C@@H](CCN2C(=O)Nc2ccccc2F)[C@@H]1CO. The number of allylic oxidation sites excluding steroid dienone is 2. The van der Waals surface area contributed by atoms with E-state index in [1.807, 2.05) is 11.9 Å². The summed E-state index contributed by atoms with van der Waals surface area (Å²) in [5.41, 5.74) is 4.96. The van der Waals surface area contributed by atoms with E-state index in [1.54, 1.807) is 18.2 Å². The predicted octanol–water partition coefficient (Wildman–Crippen LogP) is 5.19. The van der Waals surface area contributed by atoms with Crippen LogP contribution in [0.1, 0.15) is 49.3 Å². The van der Waals surface area contributed by atoms with Crippen molar-refractivity contribution in [2.45, 2.75) is 44.2 Å². The van der Waals surface area contributed by atoms with Gasteiger partial charge in [-0.3, -0.25) is 0 Å². The summed E-state index contributed by atoms with van der Waals surface area (Å²) in [5, 5.41) is 12.9. The highest BCUT2D eigenvalue weighted by Crippen LogP contribution is 2.49. The molecule has 2 aromatic rings. The van der Waals surface area contributed by atoms with Crippen LogP contribution in [0.15, 0.2) is 48.5 Å². The van der Waals surface area contributed by atoms with Gasteiger partial charge in [-0.1, -0.05) is 24.3 Å². The molecule has 5 rings (SSSR count). The number of aliphatic hydroxyl groups is 1. The van der Waals surface area contributed by atoms with Crippen molar-refractivity contribution in [2.24, 2.45) is 5.92 Å². The van der Waals surface area contributed by atoms with Gasteiger partial charge in [-0.15, -0.1) is 0 Å². The Morgan fingerprint density at radius 3 is 2.81 bits per heavy atom. The smallest absolute Gasteiger partial charge is 0.322 e. The fourth-order valence-electron chi connectivity index (χ4n) is 5.73. The summed E-state index contributed by atoms with van der Waals surface area (Å²) < 4.78 is 14.2. The van der Waals surface area contributed by atoms with E-state index in [2.05, 4.69) is 34.5 Å². The Bertz CT molecular complexity index is 1050. The van der Waals surface area contributed by atoms with Crippen molar-refractivity contribution >= 4 is 23.0 Å². The third kappa shape index (κ3) is 3.56. The number of anilines is 2. The molecule has 2 heterocycles. The Balaban J connectivity index is 1.52. The average molecular weight is 436 g/mol. The van der Waals surface area contributed by atoms with Crippen molar-refractivity contribution in [1.29, 1.82) is 0 Å². The molecule has 168 valence electrons. The third-order valence-corrected chi connectivity index (χ3v) is 7.39. The molecule has 1 saturated heterocycles. The van der Waals surface area contributed by atoms with Gasteiger partial charge >= 0.3 is 6.03 Å². The number of rotatable bonds is 3. The molecule has 2 aliphatic heterocycles. The first-order valence-electron chi connectivity index (χ1n) is 11.6. The third-order valence-electron chi connectivity index (χ3n) is 7.39. The number of likely N-dealkylation sites (tertiary alicyclic amines) is 1. The van der Waals surface area contributed by atoms with E-state index >= 15 is 0 Å². The van der Waals surface area contributed by atoms with Crippen LogP contribution in [0.5, 0.6) is 0 Å². The predicted molar refractivity (Wildman–Crippen MR) is 125 cm³/mol. The van der Waals surface area contributed by atoms with Crippen LogP contribution in [0.25, 0.3) is 5.57 Å². The first-order chi connectivity index (χ1) is 15.6. The van der Waals surface area contributed by atoms with Gasteiger partial charge in [0, 0.05) is 25.2 Å².